The second-order valence-corrected chi connectivity index (χ2v) is 8.60. The largest absolute Gasteiger partial charge is 0.370 e. The summed E-state index contributed by atoms with van der Waals surface area (Å²) in [5, 5.41) is 3.03. The Balaban J connectivity index is 1.55. The minimum absolute atomic E-state index is 0.0312. The third-order valence-electron chi connectivity index (χ3n) is 5.19. The molecule has 0 aromatic heterocycles. The molecule has 150 valence electrons. The number of amides is 1. The summed E-state index contributed by atoms with van der Waals surface area (Å²) in [5.41, 5.74) is 4.25. The summed E-state index contributed by atoms with van der Waals surface area (Å²) in [5.74, 6) is 2.37. The van der Waals surface area contributed by atoms with Gasteiger partial charge in [-0.15, -0.1) is 0 Å². The monoisotopic (exact) mass is 397 g/mol. The molecule has 1 saturated heterocycles. The van der Waals surface area contributed by atoms with E-state index in [4.69, 9.17) is 0 Å². The van der Waals surface area contributed by atoms with Gasteiger partial charge in [0.25, 0.3) is 5.91 Å². The van der Waals surface area contributed by atoms with Crippen LogP contribution < -0.4 is 15.1 Å². The van der Waals surface area contributed by atoms with Crippen molar-refractivity contribution in [1.29, 1.82) is 0 Å². The zero-order valence-corrected chi connectivity index (χ0v) is 18.0. The van der Waals surface area contributed by atoms with Crippen molar-refractivity contribution in [2.24, 2.45) is 0 Å². The zero-order valence-electron chi connectivity index (χ0n) is 17.1. The van der Waals surface area contributed by atoms with Crippen molar-refractivity contribution >= 4 is 29.0 Å². The number of rotatable bonds is 7. The van der Waals surface area contributed by atoms with Crippen LogP contribution in [-0.4, -0.2) is 43.1 Å². The van der Waals surface area contributed by atoms with E-state index in [-0.39, 0.29) is 5.91 Å². The van der Waals surface area contributed by atoms with E-state index in [1.807, 2.05) is 36.0 Å². The van der Waals surface area contributed by atoms with Crippen LogP contribution in [-0.2, 0) is 6.54 Å². The van der Waals surface area contributed by atoms with E-state index in [9.17, 15) is 4.79 Å². The van der Waals surface area contributed by atoms with E-state index in [0.717, 1.165) is 30.9 Å². The molecule has 0 radical (unpaired) electrons. The smallest absolute Gasteiger partial charge is 0.251 e. The Bertz CT molecular complexity index is 752. The highest BCUT2D eigenvalue weighted by molar-refractivity contribution is 7.99. The molecule has 1 aliphatic rings. The number of nitrogens with zero attached hydrogens (tertiary/aromatic N) is 2. The topological polar surface area (TPSA) is 35.6 Å². The first-order valence-electron chi connectivity index (χ1n) is 10.1. The van der Waals surface area contributed by atoms with Gasteiger partial charge in [-0.3, -0.25) is 4.79 Å². The van der Waals surface area contributed by atoms with Gasteiger partial charge < -0.3 is 15.1 Å². The Labute approximate surface area is 173 Å². The second-order valence-electron chi connectivity index (χ2n) is 7.38. The average molecular weight is 398 g/mol. The lowest BCUT2D eigenvalue weighted by Gasteiger charge is -2.28. The van der Waals surface area contributed by atoms with Crippen molar-refractivity contribution in [3.63, 3.8) is 0 Å². The normalized spacial score (nSPS) is 14.2. The van der Waals surface area contributed by atoms with Crippen molar-refractivity contribution in [2.75, 3.05) is 40.9 Å². The maximum atomic E-state index is 12.5. The van der Waals surface area contributed by atoms with E-state index >= 15 is 0 Å². The number of anilines is 2. The molecule has 1 aliphatic heterocycles. The Morgan fingerprint density at radius 1 is 1.07 bits per heavy atom. The first-order valence-corrected chi connectivity index (χ1v) is 11.3. The maximum absolute atomic E-state index is 12.5. The predicted molar refractivity (Wildman–Crippen MR) is 122 cm³/mol. The lowest BCUT2D eigenvalue weighted by Crippen LogP contribution is -2.32. The van der Waals surface area contributed by atoms with Gasteiger partial charge >= 0.3 is 0 Å². The fourth-order valence-corrected chi connectivity index (χ4v) is 4.48. The Kier molecular flexibility index (Phi) is 7.26. The van der Waals surface area contributed by atoms with Crippen LogP contribution in [0.3, 0.4) is 0 Å². The van der Waals surface area contributed by atoms with Crippen molar-refractivity contribution < 1.29 is 4.79 Å². The van der Waals surface area contributed by atoms with Gasteiger partial charge in [0.05, 0.1) is 0 Å². The van der Waals surface area contributed by atoms with Gasteiger partial charge in [0.15, 0.2) is 0 Å². The van der Waals surface area contributed by atoms with Crippen LogP contribution in [0, 0.1) is 0 Å². The van der Waals surface area contributed by atoms with Gasteiger partial charge in [0, 0.05) is 60.7 Å². The lowest BCUT2D eigenvalue weighted by atomic mass is 10.1. The number of hydrogen-bond acceptors (Lipinski definition) is 4. The third-order valence-corrected chi connectivity index (χ3v) is 6.13. The third kappa shape index (κ3) is 5.22. The molecule has 1 amide bonds. The SMILES string of the molecule is CCN(c1ccc(C(=O)NCc2ccc(N3CCSCC3)cc2)cc1)C(C)C. The second kappa shape index (κ2) is 9.87. The van der Waals surface area contributed by atoms with Crippen LogP contribution in [0.25, 0.3) is 0 Å². The molecule has 0 aliphatic carbocycles. The molecule has 0 saturated carbocycles. The average Bonchev–Trinajstić information content (AvgIpc) is 2.74. The Hall–Kier alpha value is -2.14. The van der Waals surface area contributed by atoms with Gasteiger partial charge in [-0.1, -0.05) is 12.1 Å². The van der Waals surface area contributed by atoms with E-state index in [2.05, 4.69) is 60.2 Å². The van der Waals surface area contributed by atoms with Crippen LogP contribution in [0.1, 0.15) is 36.7 Å². The molecule has 0 atom stereocenters. The van der Waals surface area contributed by atoms with Gasteiger partial charge in [0.1, 0.15) is 0 Å². The molecule has 28 heavy (non-hydrogen) atoms. The predicted octanol–water partition coefficient (Wildman–Crippen LogP) is 4.40. The fraction of sp³-hybridized carbons (Fsp3) is 0.435. The molecular formula is C23H31N3OS. The van der Waals surface area contributed by atoms with Crippen molar-refractivity contribution in [3.05, 3.63) is 59.7 Å². The zero-order chi connectivity index (χ0) is 19.9. The summed E-state index contributed by atoms with van der Waals surface area (Å²) in [6.07, 6.45) is 0. The minimum Gasteiger partial charge on any atom is -0.370 e. The molecule has 0 spiro atoms. The van der Waals surface area contributed by atoms with Gasteiger partial charge in [-0.25, -0.2) is 0 Å². The number of hydrogen-bond donors (Lipinski definition) is 1. The number of carbonyl (C=O) groups is 1. The van der Waals surface area contributed by atoms with Crippen molar-refractivity contribution in [3.8, 4) is 0 Å². The van der Waals surface area contributed by atoms with Crippen molar-refractivity contribution in [1.82, 2.24) is 5.32 Å². The molecule has 0 unspecified atom stereocenters. The molecule has 0 bridgehead atoms. The molecule has 1 heterocycles. The molecule has 2 aromatic carbocycles. The molecule has 1 N–H and O–H groups in total. The molecular weight excluding hydrogens is 366 g/mol. The molecule has 2 aromatic rings. The van der Waals surface area contributed by atoms with Gasteiger partial charge in [0.2, 0.25) is 0 Å². The minimum atomic E-state index is -0.0312. The van der Waals surface area contributed by atoms with E-state index in [0.29, 0.717) is 18.2 Å². The van der Waals surface area contributed by atoms with Crippen LogP contribution in [0.15, 0.2) is 48.5 Å². The fourth-order valence-electron chi connectivity index (χ4n) is 3.58. The number of thioether (sulfide) groups is 1. The van der Waals surface area contributed by atoms with Crippen LogP contribution in [0.4, 0.5) is 11.4 Å². The summed E-state index contributed by atoms with van der Waals surface area (Å²) in [4.78, 5) is 17.2. The number of nitrogens with one attached hydrogen (secondary N) is 1. The summed E-state index contributed by atoms with van der Waals surface area (Å²) < 4.78 is 0. The summed E-state index contributed by atoms with van der Waals surface area (Å²) in [6.45, 7) is 10.2. The number of benzene rings is 2. The highest BCUT2D eigenvalue weighted by Gasteiger charge is 2.12. The van der Waals surface area contributed by atoms with E-state index in [1.54, 1.807) is 0 Å². The molecule has 4 nitrogen and oxygen atoms in total. The maximum Gasteiger partial charge on any atom is 0.251 e. The number of carbonyl (C=O) groups excluding carboxylic acids is 1. The van der Waals surface area contributed by atoms with Gasteiger partial charge in [-0.05, 0) is 62.7 Å². The Morgan fingerprint density at radius 3 is 2.29 bits per heavy atom. The van der Waals surface area contributed by atoms with Crippen LogP contribution in [0.2, 0.25) is 0 Å². The quantitative estimate of drug-likeness (QED) is 0.751. The van der Waals surface area contributed by atoms with E-state index in [1.165, 1.54) is 17.2 Å². The highest BCUT2D eigenvalue weighted by atomic mass is 32.2. The first kappa shape index (κ1) is 20.6. The lowest BCUT2D eigenvalue weighted by molar-refractivity contribution is 0.0951. The summed E-state index contributed by atoms with van der Waals surface area (Å²) in [7, 11) is 0. The summed E-state index contributed by atoms with van der Waals surface area (Å²) >= 11 is 2.02. The molecule has 5 heteroatoms. The standard InChI is InChI=1S/C23H31N3OS/c1-4-26(18(2)3)22-11-7-20(8-12-22)23(27)24-17-19-5-9-21(10-6-19)25-13-15-28-16-14-25/h5-12,18H,4,13-17H2,1-3H3,(H,24,27). The van der Waals surface area contributed by atoms with Gasteiger partial charge in [-0.2, -0.15) is 11.8 Å². The molecule has 1 fully saturated rings. The molecule has 3 rings (SSSR count). The highest BCUT2D eigenvalue weighted by Crippen LogP contribution is 2.20. The summed E-state index contributed by atoms with van der Waals surface area (Å²) in [6, 6.07) is 16.9. The first-order chi connectivity index (χ1) is 13.6. The van der Waals surface area contributed by atoms with E-state index < -0.39 is 0 Å². The van der Waals surface area contributed by atoms with Crippen molar-refractivity contribution in [2.45, 2.75) is 33.4 Å². The van der Waals surface area contributed by atoms with Crippen LogP contribution >= 0.6 is 11.8 Å². The Morgan fingerprint density at radius 2 is 1.71 bits per heavy atom. The van der Waals surface area contributed by atoms with Crippen LogP contribution in [0.5, 0.6) is 0 Å².